The first-order valence-electron chi connectivity index (χ1n) is 6.97. The number of anilines is 1. The Balaban J connectivity index is 2.01. The van der Waals surface area contributed by atoms with Crippen LogP contribution in [-0.4, -0.2) is 13.0 Å². The highest BCUT2D eigenvalue weighted by Crippen LogP contribution is 2.24. The van der Waals surface area contributed by atoms with Crippen LogP contribution in [0.25, 0.3) is 10.2 Å². The molecule has 0 saturated heterocycles. The minimum atomic E-state index is -3.66. The predicted octanol–water partition coefficient (Wildman–Crippen LogP) is 3.02. The molecule has 2 aromatic carbocycles. The zero-order valence-electron chi connectivity index (χ0n) is 13.0. The van der Waals surface area contributed by atoms with E-state index in [4.69, 9.17) is 0 Å². The largest absolute Gasteiger partial charge is 0.307 e. The van der Waals surface area contributed by atoms with E-state index in [9.17, 15) is 13.2 Å². The summed E-state index contributed by atoms with van der Waals surface area (Å²) in [6.45, 7) is 3.69. The van der Waals surface area contributed by atoms with Gasteiger partial charge in [0.25, 0.3) is 10.0 Å². The van der Waals surface area contributed by atoms with Gasteiger partial charge in [0.2, 0.25) is 0 Å². The van der Waals surface area contributed by atoms with Crippen molar-refractivity contribution in [2.45, 2.75) is 18.7 Å². The molecule has 120 valence electrons. The Morgan fingerprint density at radius 1 is 1.09 bits per heavy atom. The van der Waals surface area contributed by atoms with Gasteiger partial charge < -0.3 is 4.57 Å². The number of hydrogen-bond acceptors (Lipinski definition) is 4. The first-order chi connectivity index (χ1) is 10.8. The van der Waals surface area contributed by atoms with Crippen LogP contribution >= 0.6 is 11.3 Å². The molecule has 23 heavy (non-hydrogen) atoms. The van der Waals surface area contributed by atoms with E-state index in [0.717, 1.165) is 27.1 Å². The maximum atomic E-state index is 12.6. The molecule has 0 unspecified atom stereocenters. The standard InChI is InChI=1S/C16H16N2O3S2/c1-10-4-7-15(11(2)8-10)23(20,21)17-12-5-6-13-14(9-12)22-16(19)18(13)3/h4-9,17H,1-3H3. The van der Waals surface area contributed by atoms with Crippen LogP contribution in [0.2, 0.25) is 0 Å². The topological polar surface area (TPSA) is 68.2 Å². The van der Waals surface area contributed by atoms with E-state index in [1.54, 1.807) is 48.9 Å². The summed E-state index contributed by atoms with van der Waals surface area (Å²) in [5.74, 6) is 0. The second-order valence-corrected chi connectivity index (χ2v) is 8.13. The van der Waals surface area contributed by atoms with E-state index in [1.165, 1.54) is 0 Å². The van der Waals surface area contributed by atoms with Gasteiger partial charge in [0, 0.05) is 7.05 Å². The number of rotatable bonds is 3. The highest BCUT2D eigenvalue weighted by atomic mass is 32.2. The predicted molar refractivity (Wildman–Crippen MR) is 93.8 cm³/mol. The lowest BCUT2D eigenvalue weighted by Gasteiger charge is -2.11. The normalized spacial score (nSPS) is 11.8. The average molecular weight is 348 g/mol. The minimum absolute atomic E-state index is 0.0746. The van der Waals surface area contributed by atoms with Gasteiger partial charge in [-0.1, -0.05) is 29.0 Å². The van der Waals surface area contributed by atoms with Crippen molar-refractivity contribution < 1.29 is 8.42 Å². The van der Waals surface area contributed by atoms with Crippen LogP contribution in [0.3, 0.4) is 0 Å². The Kier molecular flexibility index (Phi) is 3.77. The van der Waals surface area contributed by atoms with E-state index in [1.807, 2.05) is 13.0 Å². The lowest BCUT2D eigenvalue weighted by atomic mass is 10.2. The van der Waals surface area contributed by atoms with Crippen LogP contribution in [0.4, 0.5) is 5.69 Å². The lowest BCUT2D eigenvalue weighted by molar-refractivity contribution is 0.600. The summed E-state index contributed by atoms with van der Waals surface area (Å²) in [4.78, 5) is 11.9. The molecule has 1 N–H and O–H groups in total. The second kappa shape index (κ2) is 5.50. The summed E-state index contributed by atoms with van der Waals surface area (Å²) in [6.07, 6.45) is 0. The highest BCUT2D eigenvalue weighted by Gasteiger charge is 2.17. The van der Waals surface area contributed by atoms with Crippen LogP contribution in [0.15, 0.2) is 46.1 Å². The van der Waals surface area contributed by atoms with Gasteiger partial charge in [0.1, 0.15) is 0 Å². The van der Waals surface area contributed by atoms with Crippen molar-refractivity contribution in [3.63, 3.8) is 0 Å². The smallest absolute Gasteiger partial charge is 0.302 e. The van der Waals surface area contributed by atoms with Crippen molar-refractivity contribution in [3.8, 4) is 0 Å². The molecule has 0 aliphatic carbocycles. The summed E-state index contributed by atoms with van der Waals surface area (Å²) in [7, 11) is -1.97. The van der Waals surface area contributed by atoms with Gasteiger partial charge in [-0.2, -0.15) is 0 Å². The molecular formula is C16H16N2O3S2. The summed E-state index contributed by atoms with van der Waals surface area (Å²) in [6, 6.07) is 10.3. The zero-order chi connectivity index (χ0) is 16.8. The number of nitrogens with one attached hydrogen (secondary N) is 1. The first kappa shape index (κ1) is 15.8. The molecular weight excluding hydrogens is 332 g/mol. The second-order valence-electron chi connectivity index (χ2n) is 5.48. The third kappa shape index (κ3) is 2.89. The molecule has 1 aromatic heterocycles. The van der Waals surface area contributed by atoms with Gasteiger partial charge in [-0.3, -0.25) is 9.52 Å². The SMILES string of the molecule is Cc1ccc(S(=O)(=O)Nc2ccc3c(c2)sc(=O)n3C)c(C)c1. The number of sulfonamides is 1. The summed E-state index contributed by atoms with van der Waals surface area (Å²) in [5.41, 5.74) is 2.94. The molecule has 0 amide bonds. The van der Waals surface area contributed by atoms with E-state index in [2.05, 4.69) is 4.72 Å². The van der Waals surface area contributed by atoms with Crippen LogP contribution in [-0.2, 0) is 17.1 Å². The molecule has 0 spiro atoms. The van der Waals surface area contributed by atoms with Gasteiger partial charge in [-0.15, -0.1) is 0 Å². The first-order valence-corrected chi connectivity index (χ1v) is 9.27. The van der Waals surface area contributed by atoms with E-state index >= 15 is 0 Å². The van der Waals surface area contributed by atoms with Crippen molar-refractivity contribution in [2.75, 3.05) is 4.72 Å². The van der Waals surface area contributed by atoms with Crippen molar-refractivity contribution in [1.29, 1.82) is 0 Å². The van der Waals surface area contributed by atoms with Crippen molar-refractivity contribution in [2.24, 2.45) is 7.05 Å². The Morgan fingerprint density at radius 3 is 2.52 bits per heavy atom. The molecule has 0 aliphatic rings. The van der Waals surface area contributed by atoms with Crippen LogP contribution in [0.5, 0.6) is 0 Å². The van der Waals surface area contributed by atoms with Gasteiger partial charge in [-0.25, -0.2) is 8.42 Å². The minimum Gasteiger partial charge on any atom is -0.302 e. The van der Waals surface area contributed by atoms with Crippen LogP contribution in [0.1, 0.15) is 11.1 Å². The molecule has 3 rings (SSSR count). The number of thiazole rings is 1. The molecule has 0 fully saturated rings. The lowest BCUT2D eigenvalue weighted by Crippen LogP contribution is -2.14. The molecule has 0 saturated carbocycles. The van der Waals surface area contributed by atoms with E-state index in [-0.39, 0.29) is 9.77 Å². The fraction of sp³-hybridized carbons (Fsp3) is 0.188. The number of aryl methyl sites for hydroxylation is 3. The molecule has 7 heteroatoms. The van der Waals surface area contributed by atoms with Crippen LogP contribution in [0, 0.1) is 13.8 Å². The number of nitrogens with zero attached hydrogens (tertiary/aromatic N) is 1. The summed E-state index contributed by atoms with van der Waals surface area (Å²) < 4.78 is 30.0. The van der Waals surface area contributed by atoms with Gasteiger partial charge in [-0.05, 0) is 43.7 Å². The van der Waals surface area contributed by atoms with Gasteiger partial charge in [0.15, 0.2) is 0 Å². The molecule has 1 heterocycles. The zero-order valence-corrected chi connectivity index (χ0v) is 14.6. The van der Waals surface area contributed by atoms with Crippen LogP contribution < -0.4 is 9.60 Å². The van der Waals surface area contributed by atoms with Crippen molar-refractivity contribution in [3.05, 3.63) is 57.2 Å². The van der Waals surface area contributed by atoms with Gasteiger partial charge >= 0.3 is 4.87 Å². The summed E-state index contributed by atoms with van der Waals surface area (Å²) in [5, 5.41) is 0. The maximum absolute atomic E-state index is 12.6. The molecule has 0 radical (unpaired) electrons. The number of benzene rings is 2. The third-order valence-electron chi connectivity index (χ3n) is 3.66. The molecule has 0 aliphatic heterocycles. The molecule has 3 aromatic rings. The fourth-order valence-corrected chi connectivity index (χ4v) is 4.70. The molecule has 0 atom stereocenters. The number of hydrogen-bond donors (Lipinski definition) is 1. The van der Waals surface area contributed by atoms with Crippen molar-refractivity contribution in [1.82, 2.24) is 4.57 Å². The number of fused-ring (bicyclic) bond motifs is 1. The fourth-order valence-electron chi connectivity index (χ4n) is 2.51. The van der Waals surface area contributed by atoms with E-state index in [0.29, 0.717) is 11.3 Å². The van der Waals surface area contributed by atoms with E-state index < -0.39 is 10.0 Å². The van der Waals surface area contributed by atoms with Crippen molar-refractivity contribution >= 4 is 37.3 Å². The monoisotopic (exact) mass is 348 g/mol. The molecule has 5 nitrogen and oxygen atoms in total. The Hall–Kier alpha value is -2.12. The third-order valence-corrected chi connectivity index (χ3v) is 6.20. The Labute approximate surface area is 138 Å². The Bertz CT molecular complexity index is 1060. The Morgan fingerprint density at radius 2 is 1.83 bits per heavy atom. The number of aromatic nitrogens is 1. The average Bonchev–Trinajstić information content (AvgIpc) is 2.72. The maximum Gasteiger partial charge on any atom is 0.307 e. The van der Waals surface area contributed by atoms with Gasteiger partial charge in [0.05, 0.1) is 20.8 Å². The summed E-state index contributed by atoms with van der Waals surface area (Å²) >= 11 is 1.09. The highest BCUT2D eigenvalue weighted by molar-refractivity contribution is 7.92. The quantitative estimate of drug-likeness (QED) is 0.791. The molecule has 0 bridgehead atoms.